The van der Waals surface area contributed by atoms with E-state index in [0.29, 0.717) is 18.1 Å². The predicted molar refractivity (Wildman–Crippen MR) is 74.7 cm³/mol. The van der Waals surface area contributed by atoms with Crippen molar-refractivity contribution < 1.29 is 4.79 Å². The fraction of sp³-hybridized carbons (Fsp3) is 0.643. The van der Waals surface area contributed by atoms with E-state index in [-0.39, 0.29) is 0 Å². The fourth-order valence-corrected chi connectivity index (χ4v) is 3.08. The molecule has 0 aromatic carbocycles. The Kier molecular flexibility index (Phi) is 6.45. The topological polar surface area (TPSA) is 43.1 Å². The number of ketones is 1. The minimum atomic E-state index is 0.302. The molecule has 0 bridgehead atoms. The number of rotatable bonds is 8. The monoisotopic (exact) mass is 253 g/mol. The molecule has 0 fully saturated rings. The van der Waals surface area contributed by atoms with Gasteiger partial charge in [0.25, 0.3) is 0 Å². The van der Waals surface area contributed by atoms with Crippen molar-refractivity contribution in [2.75, 3.05) is 6.54 Å². The van der Waals surface area contributed by atoms with E-state index in [0.717, 1.165) is 29.8 Å². The van der Waals surface area contributed by atoms with Gasteiger partial charge in [0.05, 0.1) is 4.88 Å². The Hall–Kier alpha value is -0.670. The lowest BCUT2D eigenvalue weighted by Gasteiger charge is -2.14. The van der Waals surface area contributed by atoms with Crippen LogP contribution in [-0.2, 0) is 0 Å². The molecule has 0 radical (unpaired) electrons. The first-order valence-electron chi connectivity index (χ1n) is 6.46. The summed E-state index contributed by atoms with van der Waals surface area (Å²) >= 11 is 1.56. The first kappa shape index (κ1) is 14.4. The summed E-state index contributed by atoms with van der Waals surface area (Å²) in [5.41, 5.74) is 6.72. The van der Waals surface area contributed by atoms with Crippen LogP contribution in [0.5, 0.6) is 0 Å². The van der Waals surface area contributed by atoms with Gasteiger partial charge < -0.3 is 5.73 Å². The van der Waals surface area contributed by atoms with E-state index < -0.39 is 0 Å². The zero-order valence-electron chi connectivity index (χ0n) is 10.9. The second-order valence-corrected chi connectivity index (χ2v) is 5.54. The average molecular weight is 253 g/mol. The van der Waals surface area contributed by atoms with Crippen molar-refractivity contribution in [3.05, 3.63) is 21.9 Å². The number of thiophene rings is 1. The zero-order valence-corrected chi connectivity index (χ0v) is 11.7. The number of hydrogen-bond donors (Lipinski definition) is 1. The van der Waals surface area contributed by atoms with E-state index in [2.05, 4.69) is 6.92 Å². The molecule has 0 aliphatic rings. The molecule has 1 heterocycles. The molecule has 0 amide bonds. The van der Waals surface area contributed by atoms with Gasteiger partial charge in [-0.1, -0.05) is 19.8 Å². The number of carbonyl (C=O) groups is 1. The summed E-state index contributed by atoms with van der Waals surface area (Å²) in [4.78, 5) is 13.0. The van der Waals surface area contributed by atoms with Crippen LogP contribution in [0.1, 0.15) is 54.3 Å². The van der Waals surface area contributed by atoms with Crippen LogP contribution >= 0.6 is 11.3 Å². The van der Waals surface area contributed by atoms with Crippen molar-refractivity contribution in [2.24, 2.45) is 11.7 Å². The zero-order chi connectivity index (χ0) is 12.7. The summed E-state index contributed by atoms with van der Waals surface area (Å²) in [6, 6.07) is 2.02. The largest absolute Gasteiger partial charge is 0.330 e. The van der Waals surface area contributed by atoms with Crippen molar-refractivity contribution in [1.29, 1.82) is 0 Å². The van der Waals surface area contributed by atoms with Crippen LogP contribution in [-0.4, -0.2) is 12.3 Å². The SMILES string of the molecule is CCCC(CCN)CCC(=O)c1sccc1C. The molecule has 3 heteroatoms. The third-order valence-corrected chi connectivity index (χ3v) is 4.22. The molecule has 0 saturated carbocycles. The van der Waals surface area contributed by atoms with Crippen molar-refractivity contribution in [3.63, 3.8) is 0 Å². The lowest BCUT2D eigenvalue weighted by Crippen LogP contribution is -2.10. The van der Waals surface area contributed by atoms with E-state index in [1.54, 1.807) is 11.3 Å². The van der Waals surface area contributed by atoms with Crippen LogP contribution in [0.15, 0.2) is 11.4 Å². The molecule has 0 aliphatic heterocycles. The normalized spacial score (nSPS) is 12.6. The van der Waals surface area contributed by atoms with Crippen LogP contribution < -0.4 is 5.73 Å². The number of carbonyl (C=O) groups excluding carboxylic acids is 1. The molecule has 0 spiro atoms. The van der Waals surface area contributed by atoms with Gasteiger partial charge in [0.2, 0.25) is 0 Å². The van der Waals surface area contributed by atoms with Gasteiger partial charge in [-0.25, -0.2) is 0 Å². The molecular formula is C14H23NOS. The standard InChI is InChI=1S/C14H23NOS/c1-3-4-12(7-9-15)5-6-13(16)14-11(2)8-10-17-14/h8,10,12H,3-7,9,15H2,1-2H3. The molecular weight excluding hydrogens is 230 g/mol. The molecule has 2 N–H and O–H groups in total. The second-order valence-electron chi connectivity index (χ2n) is 4.63. The number of nitrogens with two attached hydrogens (primary N) is 1. The van der Waals surface area contributed by atoms with Gasteiger partial charge in [-0.15, -0.1) is 11.3 Å². The van der Waals surface area contributed by atoms with Crippen molar-refractivity contribution in [2.45, 2.75) is 46.0 Å². The Morgan fingerprint density at radius 2 is 2.18 bits per heavy atom. The summed E-state index contributed by atoms with van der Waals surface area (Å²) < 4.78 is 0. The maximum Gasteiger partial charge on any atom is 0.173 e. The first-order valence-corrected chi connectivity index (χ1v) is 7.34. The van der Waals surface area contributed by atoms with E-state index in [1.807, 2.05) is 18.4 Å². The van der Waals surface area contributed by atoms with Gasteiger partial charge in [-0.2, -0.15) is 0 Å². The lowest BCUT2D eigenvalue weighted by atomic mass is 9.93. The average Bonchev–Trinajstić information content (AvgIpc) is 2.72. The van der Waals surface area contributed by atoms with Crippen molar-refractivity contribution in [1.82, 2.24) is 0 Å². The molecule has 96 valence electrons. The van der Waals surface area contributed by atoms with E-state index >= 15 is 0 Å². The summed E-state index contributed by atoms with van der Waals surface area (Å²) in [5, 5.41) is 1.99. The smallest absolute Gasteiger partial charge is 0.173 e. The highest BCUT2D eigenvalue weighted by Gasteiger charge is 2.13. The second kappa shape index (κ2) is 7.62. The molecule has 0 saturated heterocycles. The van der Waals surface area contributed by atoms with Crippen LogP contribution in [0.25, 0.3) is 0 Å². The Bertz CT molecular complexity index is 340. The van der Waals surface area contributed by atoms with Crippen LogP contribution in [0.3, 0.4) is 0 Å². The van der Waals surface area contributed by atoms with Gasteiger partial charge in [0, 0.05) is 6.42 Å². The maximum absolute atomic E-state index is 12.0. The third-order valence-electron chi connectivity index (χ3n) is 3.17. The maximum atomic E-state index is 12.0. The molecule has 17 heavy (non-hydrogen) atoms. The minimum absolute atomic E-state index is 0.302. The summed E-state index contributed by atoms with van der Waals surface area (Å²) in [6.45, 7) is 4.93. The van der Waals surface area contributed by atoms with Crippen LogP contribution in [0, 0.1) is 12.8 Å². The number of aryl methyl sites for hydroxylation is 1. The Morgan fingerprint density at radius 3 is 2.71 bits per heavy atom. The highest BCUT2D eigenvalue weighted by atomic mass is 32.1. The molecule has 1 rings (SSSR count). The highest BCUT2D eigenvalue weighted by molar-refractivity contribution is 7.12. The van der Waals surface area contributed by atoms with Crippen molar-refractivity contribution in [3.8, 4) is 0 Å². The Morgan fingerprint density at radius 1 is 1.41 bits per heavy atom. The van der Waals surface area contributed by atoms with E-state index in [4.69, 9.17) is 5.73 Å². The number of Topliss-reactive ketones (excluding diaryl/α,β-unsaturated/α-hetero) is 1. The molecule has 2 nitrogen and oxygen atoms in total. The van der Waals surface area contributed by atoms with Gasteiger partial charge in [0.1, 0.15) is 0 Å². The Balaban J connectivity index is 2.43. The van der Waals surface area contributed by atoms with Gasteiger partial charge in [-0.3, -0.25) is 4.79 Å². The van der Waals surface area contributed by atoms with Gasteiger partial charge >= 0.3 is 0 Å². The van der Waals surface area contributed by atoms with E-state index in [9.17, 15) is 4.79 Å². The third kappa shape index (κ3) is 4.60. The molecule has 1 atom stereocenters. The van der Waals surface area contributed by atoms with Crippen LogP contribution in [0.4, 0.5) is 0 Å². The van der Waals surface area contributed by atoms with Crippen molar-refractivity contribution >= 4 is 17.1 Å². The first-order chi connectivity index (χ1) is 8.19. The van der Waals surface area contributed by atoms with E-state index in [1.165, 1.54) is 12.8 Å². The van der Waals surface area contributed by atoms with Gasteiger partial charge in [0.15, 0.2) is 5.78 Å². The summed E-state index contributed by atoms with van der Waals surface area (Å²) in [6.07, 6.45) is 5.07. The molecule has 1 aromatic rings. The predicted octanol–water partition coefficient (Wildman–Crippen LogP) is 3.78. The highest BCUT2D eigenvalue weighted by Crippen LogP contribution is 2.22. The molecule has 1 aromatic heterocycles. The summed E-state index contributed by atoms with van der Waals surface area (Å²) in [5.74, 6) is 0.921. The minimum Gasteiger partial charge on any atom is -0.330 e. The fourth-order valence-electron chi connectivity index (χ4n) is 2.18. The van der Waals surface area contributed by atoms with Gasteiger partial charge in [-0.05, 0) is 49.2 Å². The summed E-state index contributed by atoms with van der Waals surface area (Å²) in [7, 11) is 0. The lowest BCUT2D eigenvalue weighted by molar-refractivity contribution is 0.0975. The quantitative estimate of drug-likeness (QED) is 0.716. The molecule has 0 aliphatic carbocycles. The molecule has 1 unspecified atom stereocenters. The number of hydrogen-bond acceptors (Lipinski definition) is 3. The Labute approximate surface area is 108 Å². The van der Waals surface area contributed by atoms with Crippen LogP contribution in [0.2, 0.25) is 0 Å².